The van der Waals surface area contributed by atoms with E-state index in [1.807, 2.05) is 38.1 Å². The lowest BCUT2D eigenvalue weighted by atomic mass is 9.89. The van der Waals surface area contributed by atoms with E-state index in [0.29, 0.717) is 40.6 Å². The smallest absolute Gasteiger partial charge is 0.177 e. The maximum Gasteiger partial charge on any atom is 0.177 e. The average molecular weight is 483 g/mol. The van der Waals surface area contributed by atoms with E-state index >= 15 is 0 Å². The Hall–Kier alpha value is -5.68. The van der Waals surface area contributed by atoms with Gasteiger partial charge in [-0.1, -0.05) is 25.5 Å². The van der Waals surface area contributed by atoms with E-state index < -0.39 is 0 Å². The molecule has 0 N–H and O–H groups in total. The van der Waals surface area contributed by atoms with Crippen molar-refractivity contribution in [3.8, 4) is 36.4 Å². The topological polar surface area (TPSA) is 194 Å². The van der Waals surface area contributed by atoms with Gasteiger partial charge >= 0.3 is 0 Å². The molecule has 0 aliphatic rings. The van der Waals surface area contributed by atoms with Crippen LogP contribution >= 0.6 is 0 Å². The van der Waals surface area contributed by atoms with Crippen LogP contribution in [0.5, 0.6) is 0 Å². The van der Waals surface area contributed by atoms with Gasteiger partial charge in [-0.05, 0) is 43.7 Å². The Balaban J connectivity index is 2.39. The van der Waals surface area contributed by atoms with Crippen LogP contribution in [-0.2, 0) is 0 Å². The van der Waals surface area contributed by atoms with Gasteiger partial charge < -0.3 is 0 Å². The van der Waals surface area contributed by atoms with Gasteiger partial charge in [0.05, 0.1) is 22.2 Å². The zero-order chi connectivity index (χ0) is 27.3. The van der Waals surface area contributed by atoms with Crippen molar-refractivity contribution in [3.05, 3.63) is 56.7 Å². The molecule has 0 saturated heterocycles. The first kappa shape index (κ1) is 25.9. The molecule has 3 aromatic rings. The normalized spacial score (nSPS) is 12.3. The first-order valence-corrected chi connectivity index (χ1v) is 11.2. The van der Waals surface area contributed by atoms with Crippen molar-refractivity contribution in [2.75, 3.05) is 0 Å². The van der Waals surface area contributed by atoms with E-state index in [0.717, 1.165) is 5.57 Å². The number of nitriles is 6. The van der Waals surface area contributed by atoms with Crippen molar-refractivity contribution in [1.82, 2.24) is 19.9 Å². The van der Waals surface area contributed by atoms with Gasteiger partial charge in [-0.25, -0.2) is 19.9 Å². The molecule has 2 aromatic heterocycles. The highest BCUT2D eigenvalue weighted by atomic mass is 14.9. The number of hydrogen-bond donors (Lipinski definition) is 0. The molecule has 1 atom stereocenters. The third-order valence-electron chi connectivity index (χ3n) is 6.08. The van der Waals surface area contributed by atoms with Crippen molar-refractivity contribution in [3.63, 3.8) is 0 Å². The van der Waals surface area contributed by atoms with Crippen LogP contribution in [0.2, 0.25) is 0 Å². The molecule has 0 spiro atoms. The van der Waals surface area contributed by atoms with Gasteiger partial charge in [0.15, 0.2) is 22.8 Å². The SMILES string of the molecule is CC/C(C)=C(C#N)/C(C#N)=C/CC(C)c1c(C)c2nc(C#N)c(C#N)nc2c2nc(C#N)c(C#N)nc12. The minimum Gasteiger partial charge on any atom is -0.232 e. The van der Waals surface area contributed by atoms with Crippen molar-refractivity contribution in [2.45, 2.75) is 46.5 Å². The minimum atomic E-state index is -0.297. The number of benzene rings is 1. The third kappa shape index (κ3) is 4.52. The molecule has 0 saturated carbocycles. The molecule has 0 aliphatic heterocycles. The summed E-state index contributed by atoms with van der Waals surface area (Å²) in [6, 6.07) is 11.7. The van der Waals surface area contributed by atoms with E-state index in [1.165, 1.54) is 0 Å². The lowest BCUT2D eigenvalue weighted by Gasteiger charge is -2.18. The number of allylic oxidation sites excluding steroid dienone is 4. The molecule has 10 nitrogen and oxygen atoms in total. The largest absolute Gasteiger partial charge is 0.232 e. The van der Waals surface area contributed by atoms with Gasteiger partial charge in [0.2, 0.25) is 0 Å². The van der Waals surface area contributed by atoms with Gasteiger partial charge in [-0.15, -0.1) is 0 Å². The van der Waals surface area contributed by atoms with Crippen LogP contribution in [0.3, 0.4) is 0 Å². The maximum absolute atomic E-state index is 9.69. The zero-order valence-electron chi connectivity index (χ0n) is 20.5. The number of rotatable bonds is 5. The van der Waals surface area contributed by atoms with Crippen LogP contribution in [0.1, 0.15) is 73.4 Å². The predicted molar refractivity (Wildman–Crippen MR) is 132 cm³/mol. The molecular weight excluding hydrogens is 464 g/mol. The van der Waals surface area contributed by atoms with Crippen molar-refractivity contribution in [1.29, 1.82) is 31.6 Å². The highest BCUT2D eigenvalue weighted by Gasteiger charge is 2.24. The molecule has 3 rings (SSSR count). The second kappa shape index (κ2) is 10.7. The lowest BCUT2D eigenvalue weighted by Crippen LogP contribution is -2.08. The number of fused-ring (bicyclic) bond motifs is 3. The monoisotopic (exact) mass is 482 g/mol. The number of aromatic nitrogens is 4. The highest BCUT2D eigenvalue weighted by molar-refractivity contribution is 6.04. The summed E-state index contributed by atoms with van der Waals surface area (Å²) < 4.78 is 0. The van der Waals surface area contributed by atoms with E-state index in [1.54, 1.807) is 19.9 Å². The van der Waals surface area contributed by atoms with Crippen molar-refractivity contribution >= 4 is 22.1 Å². The minimum absolute atomic E-state index is 0.149. The Labute approximate surface area is 213 Å². The molecule has 0 aliphatic carbocycles. The Morgan fingerprint density at radius 1 is 0.757 bits per heavy atom. The van der Waals surface area contributed by atoms with E-state index in [-0.39, 0.29) is 45.3 Å². The molecular formula is C27H18N10. The maximum atomic E-state index is 9.69. The quantitative estimate of drug-likeness (QED) is 0.282. The van der Waals surface area contributed by atoms with Gasteiger partial charge in [-0.3, -0.25) is 0 Å². The summed E-state index contributed by atoms with van der Waals surface area (Å²) in [7, 11) is 0. The van der Waals surface area contributed by atoms with Gasteiger partial charge in [0, 0.05) is 0 Å². The summed E-state index contributed by atoms with van der Waals surface area (Å²) in [6.45, 7) is 7.36. The second-order valence-corrected chi connectivity index (χ2v) is 8.21. The molecule has 0 radical (unpaired) electrons. The van der Waals surface area contributed by atoms with E-state index in [9.17, 15) is 31.6 Å². The third-order valence-corrected chi connectivity index (χ3v) is 6.08. The van der Waals surface area contributed by atoms with Crippen LogP contribution in [0.4, 0.5) is 0 Å². The van der Waals surface area contributed by atoms with Gasteiger partial charge in [0.1, 0.15) is 47.4 Å². The second-order valence-electron chi connectivity index (χ2n) is 8.21. The Morgan fingerprint density at radius 3 is 1.65 bits per heavy atom. The summed E-state index contributed by atoms with van der Waals surface area (Å²) >= 11 is 0. The number of hydrogen-bond acceptors (Lipinski definition) is 10. The fourth-order valence-corrected chi connectivity index (χ4v) is 4.05. The fraction of sp³-hybridized carbons (Fsp3) is 0.259. The standard InChI is InChI=1S/C27H18N10/c1-5-14(2)18(9-29)17(8-28)7-6-15(3)23-16(4)24-26(36-21(12-32)19(10-30)34-24)27-25(23)35-20(11-31)22(13-33)37-27/h7,15H,5-6H2,1-4H3/b17-7+,18-14+. The molecule has 1 unspecified atom stereocenters. The first-order valence-electron chi connectivity index (χ1n) is 11.2. The number of nitrogens with zero attached hydrogens (tertiary/aromatic N) is 10. The van der Waals surface area contributed by atoms with Crippen LogP contribution in [0.15, 0.2) is 22.8 Å². The summed E-state index contributed by atoms with van der Waals surface area (Å²) in [4.78, 5) is 17.4. The summed E-state index contributed by atoms with van der Waals surface area (Å²) in [5.41, 5.74) is 2.93. The molecule has 176 valence electrons. The van der Waals surface area contributed by atoms with E-state index in [2.05, 4.69) is 32.1 Å². The van der Waals surface area contributed by atoms with Crippen LogP contribution in [-0.4, -0.2) is 19.9 Å². The van der Waals surface area contributed by atoms with Crippen LogP contribution in [0, 0.1) is 74.9 Å². The lowest BCUT2D eigenvalue weighted by molar-refractivity contribution is 0.777. The molecule has 1 aromatic carbocycles. The van der Waals surface area contributed by atoms with Crippen molar-refractivity contribution in [2.24, 2.45) is 0 Å². The zero-order valence-corrected chi connectivity index (χ0v) is 20.5. The summed E-state index contributed by atoms with van der Waals surface area (Å²) in [5.74, 6) is -0.297. The average Bonchev–Trinajstić information content (AvgIpc) is 2.93. The molecule has 0 bridgehead atoms. The van der Waals surface area contributed by atoms with Crippen LogP contribution in [0.25, 0.3) is 22.1 Å². The predicted octanol–water partition coefficient (Wildman–Crippen LogP) is 4.56. The van der Waals surface area contributed by atoms with Gasteiger partial charge in [-0.2, -0.15) is 31.6 Å². The highest BCUT2D eigenvalue weighted by Crippen LogP contribution is 2.36. The summed E-state index contributed by atoms with van der Waals surface area (Å²) in [5, 5.41) is 57.2. The molecule has 37 heavy (non-hydrogen) atoms. The van der Waals surface area contributed by atoms with Crippen molar-refractivity contribution < 1.29 is 0 Å². The van der Waals surface area contributed by atoms with Crippen LogP contribution < -0.4 is 0 Å². The molecule has 0 amide bonds. The number of aryl methyl sites for hydroxylation is 1. The molecule has 10 heteroatoms. The molecule has 2 heterocycles. The van der Waals surface area contributed by atoms with Gasteiger partial charge in [0.25, 0.3) is 0 Å². The Morgan fingerprint density at radius 2 is 1.22 bits per heavy atom. The first-order chi connectivity index (χ1) is 17.8. The fourth-order valence-electron chi connectivity index (χ4n) is 4.05. The Kier molecular flexibility index (Phi) is 7.51. The summed E-state index contributed by atoms with van der Waals surface area (Å²) in [6.07, 6.45) is 2.65. The Bertz CT molecular complexity index is 1790. The van der Waals surface area contributed by atoms with E-state index in [4.69, 9.17) is 0 Å². The molecule has 0 fully saturated rings.